The van der Waals surface area contributed by atoms with Crippen LogP contribution in [0.5, 0.6) is 5.75 Å². The van der Waals surface area contributed by atoms with Gasteiger partial charge in [-0.25, -0.2) is 0 Å². The second-order valence-corrected chi connectivity index (χ2v) is 6.71. The van der Waals surface area contributed by atoms with Gasteiger partial charge in [0, 0.05) is 6.04 Å². The number of para-hydroxylation sites is 1. The molecule has 1 amide bonds. The first-order valence-corrected chi connectivity index (χ1v) is 8.71. The first kappa shape index (κ1) is 16.6. The van der Waals surface area contributed by atoms with E-state index in [1.807, 2.05) is 30.3 Å². The minimum atomic E-state index is -0.132. The summed E-state index contributed by atoms with van der Waals surface area (Å²) in [5.74, 6) is 2.80. The molecular formula is C20H25NO3. The number of hydrogen-bond donors (Lipinski definition) is 1. The van der Waals surface area contributed by atoms with Crippen LogP contribution in [0.25, 0.3) is 0 Å². The highest BCUT2D eigenvalue weighted by Crippen LogP contribution is 2.29. The third kappa shape index (κ3) is 3.99. The van der Waals surface area contributed by atoms with Crippen molar-refractivity contribution in [1.82, 2.24) is 5.32 Å². The number of benzene rings is 1. The van der Waals surface area contributed by atoms with Crippen LogP contribution >= 0.6 is 0 Å². The smallest absolute Gasteiger partial charge is 0.287 e. The lowest BCUT2D eigenvalue weighted by molar-refractivity contribution is 0.0859. The van der Waals surface area contributed by atoms with Crippen LogP contribution in [-0.2, 0) is 6.61 Å². The Kier molecular flexibility index (Phi) is 5.24. The van der Waals surface area contributed by atoms with E-state index in [9.17, 15) is 4.79 Å². The van der Waals surface area contributed by atoms with Crippen LogP contribution < -0.4 is 10.1 Å². The maximum atomic E-state index is 12.4. The van der Waals surface area contributed by atoms with Gasteiger partial charge in [-0.1, -0.05) is 44.9 Å². The number of carbonyl (C=O) groups is 1. The van der Waals surface area contributed by atoms with Crippen LogP contribution in [0.4, 0.5) is 0 Å². The number of furan rings is 1. The largest absolute Gasteiger partial charge is 0.486 e. The Morgan fingerprint density at radius 1 is 1.17 bits per heavy atom. The van der Waals surface area contributed by atoms with Crippen LogP contribution in [0.1, 0.15) is 49.4 Å². The average molecular weight is 327 g/mol. The summed E-state index contributed by atoms with van der Waals surface area (Å²) in [6, 6.07) is 13.3. The molecule has 128 valence electrons. The fraction of sp³-hybridized carbons (Fsp3) is 0.450. The molecule has 24 heavy (non-hydrogen) atoms. The highest BCUT2D eigenvalue weighted by atomic mass is 16.5. The van der Waals surface area contributed by atoms with Crippen molar-refractivity contribution in [2.45, 2.75) is 45.8 Å². The third-order valence-corrected chi connectivity index (χ3v) is 5.03. The van der Waals surface area contributed by atoms with E-state index in [4.69, 9.17) is 9.15 Å². The molecule has 4 heteroatoms. The summed E-state index contributed by atoms with van der Waals surface area (Å²) in [5.41, 5.74) is 0. The van der Waals surface area contributed by atoms with Crippen molar-refractivity contribution in [1.29, 1.82) is 0 Å². The van der Waals surface area contributed by atoms with Crippen molar-refractivity contribution in [2.75, 3.05) is 0 Å². The lowest BCUT2D eigenvalue weighted by atomic mass is 9.78. The summed E-state index contributed by atoms with van der Waals surface area (Å²) in [4.78, 5) is 12.4. The molecule has 3 atom stereocenters. The molecule has 0 saturated heterocycles. The summed E-state index contributed by atoms with van der Waals surface area (Å²) in [6.07, 6.45) is 3.46. The Balaban J connectivity index is 1.55. The average Bonchev–Trinajstić information content (AvgIpc) is 3.07. The standard InChI is InChI=1S/C20H25NO3/c1-14-7-6-10-18(15(14)2)21-20(22)19-12-11-17(24-19)13-23-16-8-4-3-5-9-16/h3-5,8-9,11-12,14-15,18H,6-7,10,13H2,1-2H3,(H,21,22)/t14-,15+,18+/m1/s1. The Morgan fingerprint density at radius 2 is 1.96 bits per heavy atom. The van der Waals surface area contributed by atoms with Crippen LogP contribution in [0.2, 0.25) is 0 Å². The number of nitrogens with one attached hydrogen (secondary N) is 1. The molecule has 2 aromatic rings. The number of hydrogen-bond acceptors (Lipinski definition) is 3. The molecule has 0 aliphatic heterocycles. The first-order valence-electron chi connectivity index (χ1n) is 8.71. The monoisotopic (exact) mass is 327 g/mol. The maximum Gasteiger partial charge on any atom is 0.287 e. The number of ether oxygens (including phenoxy) is 1. The summed E-state index contributed by atoms with van der Waals surface area (Å²) >= 11 is 0. The Labute approximate surface area is 143 Å². The summed E-state index contributed by atoms with van der Waals surface area (Å²) in [7, 11) is 0. The van der Waals surface area contributed by atoms with Crippen molar-refractivity contribution >= 4 is 5.91 Å². The quantitative estimate of drug-likeness (QED) is 0.885. The van der Waals surface area contributed by atoms with Gasteiger partial charge in [-0.05, 0) is 42.5 Å². The predicted octanol–water partition coefficient (Wildman–Crippen LogP) is 4.41. The van der Waals surface area contributed by atoms with E-state index in [-0.39, 0.29) is 11.9 Å². The second-order valence-electron chi connectivity index (χ2n) is 6.71. The Bertz CT molecular complexity index is 665. The van der Waals surface area contributed by atoms with E-state index in [1.54, 1.807) is 12.1 Å². The van der Waals surface area contributed by atoms with Crippen LogP contribution in [0, 0.1) is 11.8 Å². The SMILES string of the molecule is C[C@H]1[C@H](C)CCC[C@@H]1NC(=O)c1ccc(COc2ccccc2)o1. The normalized spacial score (nSPS) is 23.7. The summed E-state index contributed by atoms with van der Waals surface area (Å²) in [5, 5.41) is 3.13. The zero-order chi connectivity index (χ0) is 16.9. The van der Waals surface area contributed by atoms with E-state index in [0.717, 1.165) is 12.2 Å². The van der Waals surface area contributed by atoms with Gasteiger partial charge in [-0.2, -0.15) is 0 Å². The molecule has 1 aliphatic rings. The molecule has 0 bridgehead atoms. The zero-order valence-corrected chi connectivity index (χ0v) is 14.3. The molecule has 0 radical (unpaired) electrons. The van der Waals surface area contributed by atoms with Crippen molar-refractivity contribution in [3.05, 3.63) is 54.0 Å². The van der Waals surface area contributed by atoms with Crippen molar-refractivity contribution < 1.29 is 13.9 Å². The Morgan fingerprint density at radius 3 is 2.75 bits per heavy atom. The molecule has 0 spiro atoms. The van der Waals surface area contributed by atoms with E-state index in [2.05, 4.69) is 19.2 Å². The molecule has 1 heterocycles. The second kappa shape index (κ2) is 7.56. The van der Waals surface area contributed by atoms with Gasteiger partial charge >= 0.3 is 0 Å². The van der Waals surface area contributed by atoms with E-state index < -0.39 is 0 Å². The first-order chi connectivity index (χ1) is 11.6. The molecule has 1 N–H and O–H groups in total. The van der Waals surface area contributed by atoms with Gasteiger partial charge < -0.3 is 14.5 Å². The summed E-state index contributed by atoms with van der Waals surface area (Å²) in [6.45, 7) is 4.79. The van der Waals surface area contributed by atoms with E-state index in [0.29, 0.717) is 30.0 Å². The minimum absolute atomic E-state index is 0.132. The van der Waals surface area contributed by atoms with Crippen molar-refractivity contribution in [3.63, 3.8) is 0 Å². The lowest BCUT2D eigenvalue weighted by Gasteiger charge is -2.34. The number of rotatable bonds is 5. The third-order valence-electron chi connectivity index (χ3n) is 5.03. The lowest BCUT2D eigenvalue weighted by Crippen LogP contribution is -2.43. The van der Waals surface area contributed by atoms with Gasteiger partial charge in [0.05, 0.1) is 0 Å². The Hall–Kier alpha value is -2.23. The number of carbonyl (C=O) groups excluding carboxylic acids is 1. The molecule has 1 aromatic carbocycles. The van der Waals surface area contributed by atoms with Gasteiger partial charge in [-0.15, -0.1) is 0 Å². The molecule has 1 aliphatic carbocycles. The van der Waals surface area contributed by atoms with Gasteiger partial charge in [0.2, 0.25) is 0 Å². The van der Waals surface area contributed by atoms with Gasteiger partial charge in [-0.3, -0.25) is 4.79 Å². The zero-order valence-electron chi connectivity index (χ0n) is 14.3. The molecule has 1 saturated carbocycles. The molecule has 1 fully saturated rings. The van der Waals surface area contributed by atoms with Gasteiger partial charge in [0.1, 0.15) is 18.1 Å². The van der Waals surface area contributed by atoms with Gasteiger partial charge in [0.15, 0.2) is 5.76 Å². The number of amides is 1. The molecule has 3 rings (SSSR count). The molecule has 4 nitrogen and oxygen atoms in total. The molecule has 0 unspecified atom stereocenters. The molecule has 1 aromatic heterocycles. The van der Waals surface area contributed by atoms with E-state index in [1.165, 1.54) is 12.8 Å². The van der Waals surface area contributed by atoms with Crippen LogP contribution in [-0.4, -0.2) is 11.9 Å². The van der Waals surface area contributed by atoms with Crippen LogP contribution in [0.3, 0.4) is 0 Å². The highest BCUT2D eigenvalue weighted by molar-refractivity contribution is 5.91. The van der Waals surface area contributed by atoms with Crippen molar-refractivity contribution in [3.8, 4) is 5.75 Å². The fourth-order valence-electron chi connectivity index (χ4n) is 3.27. The maximum absolute atomic E-state index is 12.4. The highest BCUT2D eigenvalue weighted by Gasteiger charge is 2.29. The minimum Gasteiger partial charge on any atom is -0.486 e. The predicted molar refractivity (Wildman–Crippen MR) is 92.9 cm³/mol. The van der Waals surface area contributed by atoms with Crippen LogP contribution in [0.15, 0.2) is 46.9 Å². The fourth-order valence-corrected chi connectivity index (χ4v) is 3.27. The topological polar surface area (TPSA) is 51.5 Å². The van der Waals surface area contributed by atoms with Crippen molar-refractivity contribution in [2.24, 2.45) is 11.8 Å². The van der Waals surface area contributed by atoms with Gasteiger partial charge in [0.25, 0.3) is 5.91 Å². The summed E-state index contributed by atoms with van der Waals surface area (Å²) < 4.78 is 11.3. The van der Waals surface area contributed by atoms with E-state index >= 15 is 0 Å². The molecular weight excluding hydrogens is 302 g/mol.